The van der Waals surface area contributed by atoms with Crippen molar-refractivity contribution in [1.29, 1.82) is 0 Å². The Bertz CT molecular complexity index is 1270. The number of hydrogen-bond acceptors (Lipinski definition) is 7. The molecule has 0 saturated carbocycles. The van der Waals surface area contributed by atoms with Crippen LogP contribution < -0.4 is 5.32 Å². The number of imidazole rings is 1. The van der Waals surface area contributed by atoms with Crippen LogP contribution in [0.3, 0.4) is 0 Å². The van der Waals surface area contributed by atoms with Crippen LogP contribution in [0.1, 0.15) is 42.3 Å². The summed E-state index contributed by atoms with van der Waals surface area (Å²) < 4.78 is 15.8. The first-order valence-electron chi connectivity index (χ1n) is 11.2. The molecular formula is C27H27N3O5. The summed E-state index contributed by atoms with van der Waals surface area (Å²) in [4.78, 5) is 33.0. The number of carbonyl (C=O) groups excluding carboxylic acids is 2. The van der Waals surface area contributed by atoms with Crippen molar-refractivity contribution in [3.63, 3.8) is 0 Å². The van der Waals surface area contributed by atoms with Crippen LogP contribution in [0.5, 0.6) is 0 Å². The molecule has 0 fully saturated rings. The molecule has 3 heterocycles. The van der Waals surface area contributed by atoms with Gasteiger partial charge in [-0.1, -0.05) is 30.3 Å². The summed E-state index contributed by atoms with van der Waals surface area (Å²) in [5.41, 5.74) is 4.72. The van der Waals surface area contributed by atoms with Gasteiger partial charge in [-0.2, -0.15) is 0 Å². The minimum atomic E-state index is -0.652. The first kappa shape index (κ1) is 23.8. The van der Waals surface area contributed by atoms with Crippen molar-refractivity contribution in [2.45, 2.75) is 26.2 Å². The van der Waals surface area contributed by atoms with Gasteiger partial charge in [-0.05, 0) is 37.1 Å². The van der Waals surface area contributed by atoms with Gasteiger partial charge in [0, 0.05) is 35.8 Å². The van der Waals surface area contributed by atoms with Crippen LogP contribution in [0.25, 0.3) is 6.08 Å². The molecule has 1 aliphatic rings. The number of dihydropyridines is 1. The van der Waals surface area contributed by atoms with E-state index in [1.807, 2.05) is 30.3 Å². The lowest BCUT2D eigenvalue weighted by Crippen LogP contribution is -2.32. The number of allylic oxidation sites excluding steroid dienone is 2. The van der Waals surface area contributed by atoms with Crippen LogP contribution in [-0.2, 0) is 25.5 Å². The van der Waals surface area contributed by atoms with Crippen molar-refractivity contribution in [2.75, 3.05) is 13.7 Å². The van der Waals surface area contributed by atoms with Gasteiger partial charge in [-0.25, -0.2) is 14.6 Å². The fraction of sp³-hybridized carbons (Fsp3) is 0.222. The molecule has 0 aliphatic carbocycles. The molecular weight excluding hydrogens is 446 g/mol. The van der Waals surface area contributed by atoms with Crippen molar-refractivity contribution in [1.82, 2.24) is 15.3 Å². The smallest absolute Gasteiger partial charge is 0.337 e. The third-order valence-corrected chi connectivity index (χ3v) is 5.79. The summed E-state index contributed by atoms with van der Waals surface area (Å²) in [5, 5.41) is 3.11. The largest absolute Gasteiger partial charge is 0.472 e. The molecule has 0 bridgehead atoms. The summed E-state index contributed by atoms with van der Waals surface area (Å²) in [5.74, 6) is -0.778. The average molecular weight is 474 g/mol. The molecule has 0 radical (unpaired) electrons. The second kappa shape index (κ2) is 10.7. The molecule has 1 aliphatic heterocycles. The molecule has 35 heavy (non-hydrogen) atoms. The van der Waals surface area contributed by atoms with Gasteiger partial charge in [-0.15, -0.1) is 0 Å². The number of methoxy groups -OCH3 is 1. The van der Waals surface area contributed by atoms with E-state index in [-0.39, 0.29) is 6.61 Å². The lowest BCUT2D eigenvalue weighted by molar-refractivity contribution is -0.138. The summed E-state index contributed by atoms with van der Waals surface area (Å²) in [6.07, 6.45) is 11.0. The van der Waals surface area contributed by atoms with Crippen molar-refractivity contribution in [3.8, 4) is 0 Å². The average Bonchev–Trinajstić information content (AvgIpc) is 3.56. The van der Waals surface area contributed by atoms with Crippen LogP contribution >= 0.6 is 0 Å². The van der Waals surface area contributed by atoms with Crippen molar-refractivity contribution in [2.24, 2.45) is 0 Å². The van der Waals surface area contributed by atoms with E-state index in [9.17, 15) is 9.59 Å². The molecule has 2 aromatic heterocycles. The van der Waals surface area contributed by atoms with E-state index in [0.717, 1.165) is 23.4 Å². The van der Waals surface area contributed by atoms with Crippen LogP contribution in [0, 0.1) is 0 Å². The number of hydrogen-bond donors (Lipinski definition) is 2. The van der Waals surface area contributed by atoms with Gasteiger partial charge >= 0.3 is 11.9 Å². The molecule has 1 aromatic carbocycles. The molecule has 3 aromatic rings. The Morgan fingerprint density at radius 1 is 1.09 bits per heavy atom. The van der Waals surface area contributed by atoms with Gasteiger partial charge in [0.25, 0.3) is 0 Å². The molecule has 0 spiro atoms. The number of aromatic amines is 1. The van der Waals surface area contributed by atoms with Gasteiger partial charge < -0.3 is 24.2 Å². The highest BCUT2D eigenvalue weighted by molar-refractivity contribution is 5.99. The molecule has 1 unspecified atom stereocenters. The minimum Gasteiger partial charge on any atom is -0.472 e. The highest BCUT2D eigenvalue weighted by Gasteiger charge is 2.38. The van der Waals surface area contributed by atoms with E-state index in [1.54, 1.807) is 38.4 Å². The van der Waals surface area contributed by atoms with Crippen LogP contribution in [-0.4, -0.2) is 35.6 Å². The minimum absolute atomic E-state index is 0.0815. The van der Waals surface area contributed by atoms with E-state index >= 15 is 0 Å². The highest BCUT2D eigenvalue weighted by atomic mass is 16.5. The summed E-state index contributed by atoms with van der Waals surface area (Å²) >= 11 is 0. The lowest BCUT2D eigenvalue weighted by Gasteiger charge is -2.29. The molecule has 180 valence electrons. The Balaban J connectivity index is 1.43. The maximum absolute atomic E-state index is 13.1. The summed E-state index contributed by atoms with van der Waals surface area (Å²) in [6.45, 7) is 3.63. The number of H-pyrrole nitrogens is 1. The predicted octanol–water partition coefficient (Wildman–Crippen LogP) is 4.26. The zero-order chi connectivity index (χ0) is 24.8. The van der Waals surface area contributed by atoms with E-state index in [2.05, 4.69) is 15.3 Å². The van der Waals surface area contributed by atoms with E-state index in [0.29, 0.717) is 28.1 Å². The zero-order valence-corrected chi connectivity index (χ0v) is 19.8. The fourth-order valence-corrected chi connectivity index (χ4v) is 4.14. The SMILES string of the molecule is COC(=O)C1=C(C)NC(C)=C(C(=O)OCC=Cc2ccc(Cc3ncc[nH]3)cc2)C1c1ccoc1. The standard InChI is InChI=1S/C27H27N3O5/c1-17-23(26(31)33-3)25(21-10-14-34-16-21)24(18(2)30-17)27(32)35-13-4-5-19-6-8-20(9-7-19)15-22-28-11-12-29-22/h4-12,14,16,25,30H,13,15H2,1-3H3,(H,28,29). The topological polar surface area (TPSA) is 106 Å². The Labute approximate surface area is 203 Å². The number of esters is 2. The predicted molar refractivity (Wildman–Crippen MR) is 130 cm³/mol. The number of aromatic nitrogens is 2. The third kappa shape index (κ3) is 5.43. The van der Waals surface area contributed by atoms with Crippen LogP contribution in [0.15, 0.2) is 88.3 Å². The molecule has 0 amide bonds. The normalized spacial score (nSPS) is 15.9. The Morgan fingerprint density at radius 2 is 1.83 bits per heavy atom. The first-order chi connectivity index (χ1) is 17.0. The van der Waals surface area contributed by atoms with Crippen molar-refractivity contribution >= 4 is 18.0 Å². The molecule has 1 atom stereocenters. The monoisotopic (exact) mass is 473 g/mol. The second-order valence-electron chi connectivity index (χ2n) is 8.14. The summed E-state index contributed by atoms with van der Waals surface area (Å²) in [7, 11) is 1.31. The number of carbonyl (C=O) groups is 2. The summed E-state index contributed by atoms with van der Waals surface area (Å²) in [6, 6.07) is 9.80. The van der Waals surface area contributed by atoms with Crippen LogP contribution in [0.2, 0.25) is 0 Å². The van der Waals surface area contributed by atoms with Gasteiger partial charge in [0.15, 0.2) is 0 Å². The molecule has 0 saturated heterocycles. The van der Waals surface area contributed by atoms with E-state index in [4.69, 9.17) is 13.9 Å². The van der Waals surface area contributed by atoms with Crippen molar-refractivity contribution < 1.29 is 23.5 Å². The number of rotatable bonds is 8. The molecule has 8 nitrogen and oxygen atoms in total. The molecule has 4 rings (SSSR count). The number of furan rings is 1. The fourth-order valence-electron chi connectivity index (χ4n) is 4.14. The second-order valence-corrected chi connectivity index (χ2v) is 8.14. The number of nitrogens with one attached hydrogen (secondary N) is 2. The maximum Gasteiger partial charge on any atom is 0.337 e. The van der Waals surface area contributed by atoms with Gasteiger partial charge in [-0.3, -0.25) is 0 Å². The van der Waals surface area contributed by atoms with E-state index in [1.165, 1.54) is 19.6 Å². The Morgan fingerprint density at radius 3 is 2.46 bits per heavy atom. The van der Waals surface area contributed by atoms with E-state index < -0.39 is 17.9 Å². The van der Waals surface area contributed by atoms with Gasteiger partial charge in [0.2, 0.25) is 0 Å². The number of nitrogens with zero attached hydrogens (tertiary/aromatic N) is 1. The van der Waals surface area contributed by atoms with Crippen LogP contribution in [0.4, 0.5) is 0 Å². The number of ether oxygens (including phenoxy) is 2. The molecule has 8 heteroatoms. The lowest BCUT2D eigenvalue weighted by atomic mass is 9.81. The third-order valence-electron chi connectivity index (χ3n) is 5.79. The quantitative estimate of drug-likeness (QED) is 0.471. The van der Waals surface area contributed by atoms with Gasteiger partial charge in [0.1, 0.15) is 12.4 Å². The first-order valence-corrected chi connectivity index (χ1v) is 11.2. The number of benzene rings is 1. The maximum atomic E-state index is 13.1. The van der Waals surface area contributed by atoms with Crippen molar-refractivity contribution in [3.05, 3.63) is 106 Å². The molecule has 2 N–H and O–H groups in total. The Kier molecular flexibility index (Phi) is 7.30. The Hall–Kier alpha value is -4.33. The zero-order valence-electron chi connectivity index (χ0n) is 19.8. The highest BCUT2D eigenvalue weighted by Crippen LogP contribution is 2.39. The van der Waals surface area contributed by atoms with Gasteiger partial charge in [0.05, 0.1) is 36.7 Å².